The van der Waals surface area contributed by atoms with E-state index in [1.807, 2.05) is 87.6 Å². The minimum atomic E-state index is 0.743. The van der Waals surface area contributed by atoms with Crippen LogP contribution < -0.4 is 10.1 Å². The lowest BCUT2D eigenvalue weighted by atomic mass is 10.1. The average molecular weight is 452 g/mol. The first-order chi connectivity index (χ1) is 16.4. The smallest absolute Gasteiger partial charge is 0.141 e. The maximum absolute atomic E-state index is 6.19. The summed E-state index contributed by atoms with van der Waals surface area (Å²) in [4.78, 5) is 15.3. The Bertz CT molecular complexity index is 1350. The van der Waals surface area contributed by atoms with Crippen LogP contribution in [-0.2, 0) is 0 Å². The molecule has 0 unspecified atom stereocenters. The lowest BCUT2D eigenvalue weighted by Gasteiger charge is -2.17. The van der Waals surface area contributed by atoms with Gasteiger partial charge in [-0.25, -0.2) is 9.97 Å². The standard InChI is InChI=1S/C28H29N5O/c1-19-15-23(11-13-27(19)34-24-9-7-6-8-14-29-20(2)16-24)32-28-25-17-22(21(3)33(4)5)10-12-26(25)30-18-31-28/h7-18H,3,6H2,1-2,4-5H3,(H,30,31,32). The molecule has 2 aromatic carbocycles. The number of allylic oxidation sites excluding steroid dienone is 4. The molecule has 2 heterocycles. The Hall–Kier alpha value is -4.19. The Morgan fingerprint density at radius 2 is 1.91 bits per heavy atom. The highest BCUT2D eigenvalue weighted by Gasteiger charge is 2.10. The van der Waals surface area contributed by atoms with E-state index < -0.39 is 0 Å². The number of aromatic nitrogens is 2. The van der Waals surface area contributed by atoms with E-state index in [-0.39, 0.29) is 0 Å². The van der Waals surface area contributed by atoms with Crippen LogP contribution in [0.25, 0.3) is 16.6 Å². The zero-order chi connectivity index (χ0) is 24.1. The first-order valence-corrected chi connectivity index (χ1v) is 11.2. The molecule has 0 bridgehead atoms. The molecule has 6 heteroatoms. The first-order valence-electron chi connectivity index (χ1n) is 11.2. The maximum atomic E-state index is 6.19. The third-order valence-corrected chi connectivity index (χ3v) is 5.46. The number of hydrogen-bond acceptors (Lipinski definition) is 6. The van der Waals surface area contributed by atoms with Gasteiger partial charge in [0.15, 0.2) is 0 Å². The molecular weight excluding hydrogens is 422 g/mol. The van der Waals surface area contributed by atoms with Gasteiger partial charge in [0, 0.05) is 48.9 Å². The van der Waals surface area contributed by atoms with Gasteiger partial charge in [0.2, 0.25) is 0 Å². The molecular formula is C28H29N5O. The Morgan fingerprint density at radius 1 is 1.06 bits per heavy atom. The molecule has 1 aliphatic rings. The van der Waals surface area contributed by atoms with E-state index in [9.17, 15) is 0 Å². The summed E-state index contributed by atoms with van der Waals surface area (Å²) in [5.74, 6) is 2.29. The van der Waals surface area contributed by atoms with Crippen molar-refractivity contribution in [1.29, 1.82) is 0 Å². The van der Waals surface area contributed by atoms with Crippen LogP contribution in [0.15, 0.2) is 90.6 Å². The molecule has 6 nitrogen and oxygen atoms in total. The van der Waals surface area contributed by atoms with Crippen LogP contribution in [-0.4, -0.2) is 34.7 Å². The number of fused-ring (bicyclic) bond motifs is 1. The zero-order valence-corrected chi connectivity index (χ0v) is 20.0. The van der Waals surface area contributed by atoms with Crippen LogP contribution in [0.4, 0.5) is 11.5 Å². The quantitative estimate of drug-likeness (QED) is 0.469. The Balaban J connectivity index is 1.59. The minimum Gasteiger partial charge on any atom is -0.457 e. The summed E-state index contributed by atoms with van der Waals surface area (Å²) < 4.78 is 6.19. The second kappa shape index (κ2) is 10.2. The number of benzene rings is 2. The van der Waals surface area contributed by atoms with Crippen LogP contribution in [0.5, 0.6) is 5.75 Å². The van der Waals surface area contributed by atoms with Crippen molar-refractivity contribution in [3.8, 4) is 5.75 Å². The average Bonchev–Trinajstić information content (AvgIpc) is 2.92. The predicted molar refractivity (Wildman–Crippen MR) is 141 cm³/mol. The molecule has 172 valence electrons. The second-order valence-corrected chi connectivity index (χ2v) is 8.34. The summed E-state index contributed by atoms with van der Waals surface area (Å²) in [6.07, 6.45) is 12.2. The molecule has 1 aromatic heterocycles. The van der Waals surface area contributed by atoms with E-state index in [0.29, 0.717) is 0 Å². The number of hydrogen-bond donors (Lipinski definition) is 1. The van der Waals surface area contributed by atoms with Crippen molar-refractivity contribution in [2.75, 3.05) is 19.4 Å². The zero-order valence-electron chi connectivity index (χ0n) is 20.0. The Morgan fingerprint density at radius 3 is 2.71 bits per heavy atom. The molecule has 1 aliphatic heterocycles. The number of aryl methyl sites for hydroxylation is 1. The van der Waals surface area contributed by atoms with Gasteiger partial charge in [-0.1, -0.05) is 24.8 Å². The van der Waals surface area contributed by atoms with Crippen LogP contribution in [0, 0.1) is 6.92 Å². The van der Waals surface area contributed by atoms with E-state index in [2.05, 4.69) is 39.0 Å². The van der Waals surface area contributed by atoms with Crippen molar-refractivity contribution >= 4 is 33.8 Å². The summed E-state index contributed by atoms with van der Waals surface area (Å²) in [7, 11) is 3.96. The fourth-order valence-electron chi connectivity index (χ4n) is 3.55. The highest BCUT2D eigenvalue weighted by atomic mass is 16.5. The van der Waals surface area contributed by atoms with E-state index in [0.717, 1.165) is 62.9 Å². The Labute approximate surface area is 200 Å². The van der Waals surface area contributed by atoms with Crippen molar-refractivity contribution in [2.45, 2.75) is 20.3 Å². The van der Waals surface area contributed by atoms with E-state index >= 15 is 0 Å². The molecule has 0 saturated carbocycles. The topological polar surface area (TPSA) is 62.6 Å². The van der Waals surface area contributed by atoms with Crippen LogP contribution >= 0.6 is 0 Å². The highest BCUT2D eigenvalue weighted by Crippen LogP contribution is 2.29. The molecule has 0 fully saturated rings. The fraction of sp³-hybridized carbons (Fsp3) is 0.179. The summed E-state index contributed by atoms with van der Waals surface area (Å²) in [6, 6.07) is 12.1. The molecule has 0 saturated heterocycles. The molecule has 4 rings (SSSR count). The number of aliphatic imine (C=N–C) groups is 1. The summed E-state index contributed by atoms with van der Waals surface area (Å²) >= 11 is 0. The molecule has 0 amide bonds. The molecule has 1 N–H and O–H groups in total. The number of rotatable bonds is 6. The largest absolute Gasteiger partial charge is 0.457 e. The van der Waals surface area contributed by atoms with Gasteiger partial charge in [-0.2, -0.15) is 0 Å². The van der Waals surface area contributed by atoms with E-state index in [1.54, 1.807) is 6.33 Å². The van der Waals surface area contributed by atoms with Crippen molar-refractivity contribution in [3.05, 3.63) is 96.7 Å². The van der Waals surface area contributed by atoms with Crippen molar-refractivity contribution in [1.82, 2.24) is 14.9 Å². The molecule has 3 aromatic rings. The van der Waals surface area contributed by atoms with Crippen LogP contribution in [0.1, 0.15) is 24.5 Å². The van der Waals surface area contributed by atoms with Crippen molar-refractivity contribution < 1.29 is 4.74 Å². The predicted octanol–water partition coefficient (Wildman–Crippen LogP) is 6.41. The molecule has 0 aliphatic carbocycles. The molecule has 0 radical (unpaired) electrons. The number of nitrogens with zero attached hydrogens (tertiary/aromatic N) is 4. The van der Waals surface area contributed by atoms with Gasteiger partial charge in [0.05, 0.1) is 5.52 Å². The van der Waals surface area contributed by atoms with Gasteiger partial charge in [0.1, 0.15) is 23.7 Å². The van der Waals surface area contributed by atoms with Crippen LogP contribution in [0.3, 0.4) is 0 Å². The van der Waals surface area contributed by atoms with Gasteiger partial charge in [-0.3, -0.25) is 4.99 Å². The molecule has 34 heavy (non-hydrogen) atoms. The SMILES string of the molecule is C=C(c1ccc2ncnc(Nc3ccc(OC4=CC(C)=NC=CCC=C4)c(C)c3)c2c1)N(C)C. The van der Waals surface area contributed by atoms with Gasteiger partial charge < -0.3 is 15.0 Å². The van der Waals surface area contributed by atoms with Gasteiger partial charge >= 0.3 is 0 Å². The maximum Gasteiger partial charge on any atom is 0.141 e. The van der Waals surface area contributed by atoms with Crippen molar-refractivity contribution in [3.63, 3.8) is 0 Å². The lowest BCUT2D eigenvalue weighted by Crippen LogP contribution is -2.08. The van der Waals surface area contributed by atoms with Gasteiger partial charge in [-0.15, -0.1) is 0 Å². The monoisotopic (exact) mass is 451 g/mol. The lowest BCUT2D eigenvalue weighted by molar-refractivity contribution is 0.442. The third-order valence-electron chi connectivity index (χ3n) is 5.46. The highest BCUT2D eigenvalue weighted by molar-refractivity contribution is 5.94. The number of ether oxygens (including phenoxy) is 1. The normalized spacial score (nSPS) is 13.4. The second-order valence-electron chi connectivity index (χ2n) is 8.34. The summed E-state index contributed by atoms with van der Waals surface area (Å²) in [5.41, 5.74) is 5.64. The Kier molecular flexibility index (Phi) is 6.87. The minimum absolute atomic E-state index is 0.743. The molecule has 0 atom stereocenters. The first kappa shape index (κ1) is 23.0. The third kappa shape index (κ3) is 5.41. The van der Waals surface area contributed by atoms with E-state index in [1.165, 1.54) is 0 Å². The summed E-state index contributed by atoms with van der Waals surface area (Å²) in [6.45, 7) is 8.15. The fourth-order valence-corrected chi connectivity index (χ4v) is 3.55. The molecule has 0 spiro atoms. The van der Waals surface area contributed by atoms with Gasteiger partial charge in [-0.05, 0) is 67.8 Å². The van der Waals surface area contributed by atoms with Crippen LogP contribution in [0.2, 0.25) is 0 Å². The summed E-state index contributed by atoms with van der Waals surface area (Å²) in [5, 5.41) is 4.38. The van der Waals surface area contributed by atoms with E-state index in [4.69, 9.17) is 4.74 Å². The van der Waals surface area contributed by atoms with Gasteiger partial charge in [0.25, 0.3) is 0 Å². The number of nitrogens with one attached hydrogen (secondary N) is 1. The van der Waals surface area contributed by atoms with Crippen molar-refractivity contribution in [2.24, 2.45) is 4.99 Å². The number of anilines is 2.